The number of pyridine rings is 1. The van der Waals surface area contributed by atoms with Crippen LogP contribution >= 0.6 is 0 Å². The van der Waals surface area contributed by atoms with E-state index in [9.17, 15) is 18.8 Å². The molecule has 0 aliphatic heterocycles. The van der Waals surface area contributed by atoms with Gasteiger partial charge in [-0.15, -0.1) is 0 Å². The van der Waals surface area contributed by atoms with Crippen LogP contribution < -0.4 is 10.9 Å². The molecule has 36 heavy (non-hydrogen) atoms. The molecule has 2 N–H and O–H groups in total. The number of rotatable bonds is 7. The maximum atomic E-state index is 13.8. The highest BCUT2D eigenvalue weighted by Gasteiger charge is 2.21. The van der Waals surface area contributed by atoms with Crippen molar-refractivity contribution in [3.05, 3.63) is 76.0 Å². The molecule has 1 aromatic heterocycles. The number of nitrogens with zero attached hydrogens (tertiary/aromatic N) is 1. The van der Waals surface area contributed by atoms with Crippen molar-refractivity contribution in [2.75, 3.05) is 0 Å². The van der Waals surface area contributed by atoms with Crippen molar-refractivity contribution in [3.63, 3.8) is 0 Å². The Morgan fingerprint density at radius 1 is 1.11 bits per heavy atom. The van der Waals surface area contributed by atoms with Crippen LogP contribution in [0.25, 0.3) is 28.0 Å². The van der Waals surface area contributed by atoms with Crippen LogP contribution in [0.2, 0.25) is 0 Å². The first-order chi connectivity index (χ1) is 16.9. The van der Waals surface area contributed by atoms with E-state index in [1.807, 2.05) is 13.8 Å². The van der Waals surface area contributed by atoms with Crippen molar-refractivity contribution in [2.24, 2.45) is 5.92 Å². The van der Waals surface area contributed by atoms with Gasteiger partial charge < -0.3 is 19.7 Å². The third kappa shape index (κ3) is 6.59. The zero-order valence-electron chi connectivity index (χ0n) is 21.1. The van der Waals surface area contributed by atoms with Gasteiger partial charge in [-0.1, -0.05) is 32.0 Å². The molecule has 1 heterocycles. The van der Waals surface area contributed by atoms with Crippen molar-refractivity contribution in [2.45, 2.75) is 53.3 Å². The fraction of sp³-hybridized carbons (Fsp3) is 0.321. The van der Waals surface area contributed by atoms with Crippen LogP contribution in [0.5, 0.6) is 0 Å². The quantitative estimate of drug-likeness (QED) is 0.418. The summed E-state index contributed by atoms with van der Waals surface area (Å²) in [6.07, 6.45) is 1.83. The van der Waals surface area contributed by atoms with E-state index in [1.165, 1.54) is 18.2 Å². The molecule has 0 atom stereocenters. The molecule has 0 saturated carbocycles. The number of aromatic nitrogens is 1. The van der Waals surface area contributed by atoms with E-state index >= 15 is 0 Å². The number of ether oxygens (including phenoxy) is 1. The lowest BCUT2D eigenvalue weighted by molar-refractivity contribution is -0.131. The Bertz CT molecular complexity index is 1370. The predicted molar refractivity (Wildman–Crippen MR) is 138 cm³/mol. The average Bonchev–Trinajstić information content (AvgIpc) is 2.77. The maximum absolute atomic E-state index is 13.8. The van der Waals surface area contributed by atoms with Crippen LogP contribution in [-0.2, 0) is 22.6 Å². The molecular weight excluding hydrogens is 463 g/mol. The Hall–Kier alpha value is -3.94. The molecule has 0 unspecified atom stereocenters. The zero-order valence-corrected chi connectivity index (χ0v) is 21.1. The first-order valence-electron chi connectivity index (χ1n) is 11.7. The first-order valence-corrected chi connectivity index (χ1v) is 11.7. The van der Waals surface area contributed by atoms with Crippen molar-refractivity contribution in [3.8, 4) is 11.1 Å². The second-order valence-electron chi connectivity index (χ2n) is 9.97. The van der Waals surface area contributed by atoms with Gasteiger partial charge in [-0.05, 0) is 73.5 Å². The summed E-state index contributed by atoms with van der Waals surface area (Å²) in [6.45, 7) is 9.63. The normalized spacial score (nSPS) is 11.9. The van der Waals surface area contributed by atoms with Crippen molar-refractivity contribution < 1.29 is 23.8 Å². The Morgan fingerprint density at radius 3 is 2.36 bits per heavy atom. The van der Waals surface area contributed by atoms with Gasteiger partial charge in [0.15, 0.2) is 0 Å². The number of nitrogens with one attached hydrogen (secondary N) is 1. The standard InChI is InChI=1S/C28H31FN2O5/c1-17(2)16-31-23(15-30-27(35)36-28(3,4)5)25(19-8-10-20(29)11-9-19)22-14-18(7-13-24(32)33)6-12-21(22)26(31)34/h6-14,17H,15-16H2,1-5H3,(H,30,35)(H,32,33)/b13-7+. The molecule has 1 amide bonds. The number of hydrogen-bond acceptors (Lipinski definition) is 4. The van der Waals surface area contributed by atoms with Gasteiger partial charge in [-0.2, -0.15) is 0 Å². The van der Waals surface area contributed by atoms with Gasteiger partial charge in [-0.3, -0.25) is 4.79 Å². The summed E-state index contributed by atoms with van der Waals surface area (Å²) in [7, 11) is 0. The van der Waals surface area contributed by atoms with Crippen LogP contribution in [-0.4, -0.2) is 27.3 Å². The molecule has 0 aliphatic carbocycles. The lowest BCUT2D eigenvalue weighted by Crippen LogP contribution is -2.35. The molecule has 0 aliphatic rings. The number of hydrogen-bond donors (Lipinski definition) is 2. The largest absolute Gasteiger partial charge is 0.478 e. The minimum atomic E-state index is -1.09. The van der Waals surface area contributed by atoms with Crippen LogP contribution in [0.3, 0.4) is 0 Å². The highest BCUT2D eigenvalue weighted by Crippen LogP contribution is 2.32. The van der Waals surface area contributed by atoms with Crippen molar-refractivity contribution in [1.82, 2.24) is 9.88 Å². The van der Waals surface area contributed by atoms with Crippen molar-refractivity contribution in [1.29, 1.82) is 0 Å². The van der Waals surface area contributed by atoms with Gasteiger partial charge in [0.25, 0.3) is 5.56 Å². The molecule has 0 fully saturated rings. The molecule has 0 radical (unpaired) electrons. The molecule has 2 aromatic carbocycles. The number of halogens is 1. The fourth-order valence-corrected chi connectivity index (χ4v) is 3.94. The number of fused-ring (bicyclic) bond motifs is 1. The number of carbonyl (C=O) groups excluding carboxylic acids is 1. The Morgan fingerprint density at radius 2 is 1.78 bits per heavy atom. The number of aliphatic carboxylic acids is 1. The third-order valence-corrected chi connectivity index (χ3v) is 5.30. The third-order valence-electron chi connectivity index (χ3n) is 5.30. The zero-order chi connectivity index (χ0) is 26.6. The number of amides is 1. The van der Waals surface area contributed by atoms with E-state index in [0.717, 1.165) is 6.08 Å². The minimum Gasteiger partial charge on any atom is -0.478 e. The molecular formula is C28H31FN2O5. The summed E-state index contributed by atoms with van der Waals surface area (Å²) in [4.78, 5) is 37.1. The lowest BCUT2D eigenvalue weighted by atomic mass is 9.94. The van der Waals surface area contributed by atoms with E-state index in [2.05, 4.69) is 5.32 Å². The summed E-state index contributed by atoms with van der Waals surface area (Å²) in [5.41, 5.74) is 1.49. The molecule has 7 nitrogen and oxygen atoms in total. The maximum Gasteiger partial charge on any atom is 0.407 e. The number of carboxylic acids is 1. The van der Waals surface area contributed by atoms with Crippen LogP contribution in [0.1, 0.15) is 45.9 Å². The monoisotopic (exact) mass is 494 g/mol. The summed E-state index contributed by atoms with van der Waals surface area (Å²) in [6, 6.07) is 11.0. The van der Waals surface area contributed by atoms with Gasteiger partial charge in [0.05, 0.1) is 6.54 Å². The van der Waals surface area contributed by atoms with Gasteiger partial charge in [0.1, 0.15) is 11.4 Å². The topological polar surface area (TPSA) is 97.6 Å². The van der Waals surface area contributed by atoms with Gasteiger partial charge >= 0.3 is 12.1 Å². The highest BCUT2D eigenvalue weighted by molar-refractivity contribution is 5.99. The average molecular weight is 495 g/mol. The summed E-state index contributed by atoms with van der Waals surface area (Å²) in [5.74, 6) is -1.38. The summed E-state index contributed by atoms with van der Waals surface area (Å²) >= 11 is 0. The SMILES string of the molecule is CC(C)Cn1c(CNC(=O)OC(C)(C)C)c(-c2ccc(F)cc2)c2cc(/C=C/C(=O)O)ccc2c1=O. The minimum absolute atomic E-state index is 0.00524. The van der Waals surface area contributed by atoms with Crippen LogP contribution in [0.4, 0.5) is 9.18 Å². The van der Waals surface area contributed by atoms with Gasteiger partial charge in [0, 0.05) is 29.3 Å². The molecule has 0 spiro atoms. The van der Waals surface area contributed by atoms with E-state index in [0.29, 0.717) is 39.7 Å². The van der Waals surface area contributed by atoms with Crippen LogP contribution in [0, 0.1) is 11.7 Å². The molecule has 8 heteroatoms. The van der Waals surface area contributed by atoms with Crippen LogP contribution in [0.15, 0.2) is 53.3 Å². The predicted octanol–water partition coefficient (Wildman–Crippen LogP) is 5.59. The summed E-state index contributed by atoms with van der Waals surface area (Å²) in [5, 5.41) is 12.8. The second kappa shape index (κ2) is 10.8. The summed E-state index contributed by atoms with van der Waals surface area (Å²) < 4.78 is 20.8. The van der Waals surface area contributed by atoms with Gasteiger partial charge in [0.2, 0.25) is 0 Å². The van der Waals surface area contributed by atoms with Crippen molar-refractivity contribution >= 4 is 28.9 Å². The second-order valence-corrected chi connectivity index (χ2v) is 9.97. The molecule has 3 aromatic rings. The molecule has 0 bridgehead atoms. The lowest BCUT2D eigenvalue weighted by Gasteiger charge is -2.23. The van der Waals surface area contributed by atoms with E-state index in [4.69, 9.17) is 9.84 Å². The number of carboxylic acid groups (broad SMARTS) is 1. The number of benzene rings is 2. The van der Waals surface area contributed by atoms with E-state index in [-0.39, 0.29) is 18.0 Å². The van der Waals surface area contributed by atoms with Gasteiger partial charge in [-0.25, -0.2) is 14.0 Å². The first kappa shape index (κ1) is 26.7. The van der Waals surface area contributed by atoms with E-state index < -0.39 is 23.5 Å². The van der Waals surface area contributed by atoms with E-state index in [1.54, 1.807) is 55.7 Å². The molecule has 3 rings (SSSR count). The number of alkyl carbamates (subject to hydrolysis) is 1. The Labute approximate surface area is 209 Å². The molecule has 0 saturated heterocycles. The fourth-order valence-electron chi connectivity index (χ4n) is 3.94. The number of carbonyl (C=O) groups is 2. The Kier molecular flexibility index (Phi) is 7.97. The Balaban J connectivity index is 2.31. The highest BCUT2D eigenvalue weighted by atomic mass is 19.1. The molecule has 190 valence electrons. The smallest absolute Gasteiger partial charge is 0.407 e.